The molecule has 0 spiro atoms. The van der Waals surface area contributed by atoms with Crippen LogP contribution in [-0.4, -0.2) is 97.1 Å². The lowest BCUT2D eigenvalue weighted by Crippen LogP contribution is -2.42. The van der Waals surface area contributed by atoms with Gasteiger partial charge in [-0.3, -0.25) is 15.0 Å². The van der Waals surface area contributed by atoms with Crippen molar-refractivity contribution in [3.05, 3.63) is 89.6 Å². The summed E-state index contributed by atoms with van der Waals surface area (Å²) in [5.74, 6) is 0.0206. The number of ether oxygens (including phenoxy) is 3. The van der Waals surface area contributed by atoms with Gasteiger partial charge < -0.3 is 24.8 Å². The molecule has 4 aromatic rings. The number of halogens is 1. The van der Waals surface area contributed by atoms with Crippen LogP contribution < -0.4 is 20.7 Å². The van der Waals surface area contributed by atoms with Crippen LogP contribution in [0.3, 0.4) is 0 Å². The van der Waals surface area contributed by atoms with Gasteiger partial charge in [-0.25, -0.2) is 18.9 Å². The van der Waals surface area contributed by atoms with Crippen LogP contribution in [0.15, 0.2) is 72.9 Å². The van der Waals surface area contributed by atoms with E-state index in [1.54, 1.807) is 17.9 Å². The van der Waals surface area contributed by atoms with E-state index in [1.165, 1.54) is 6.20 Å². The highest BCUT2D eigenvalue weighted by atomic mass is 19.1. The van der Waals surface area contributed by atoms with Crippen molar-refractivity contribution in [3.63, 3.8) is 0 Å². The number of carbonyl (C=O) groups is 2. The first-order chi connectivity index (χ1) is 23.9. The molecule has 3 amide bonds. The number of amides is 3. The van der Waals surface area contributed by atoms with Gasteiger partial charge in [0.2, 0.25) is 12.7 Å². The van der Waals surface area contributed by atoms with Crippen LogP contribution in [0.2, 0.25) is 0 Å². The highest BCUT2D eigenvalue weighted by molar-refractivity contribution is 5.98. The molecule has 2 aromatic heterocycles. The quantitative estimate of drug-likeness (QED) is 0.198. The van der Waals surface area contributed by atoms with Crippen molar-refractivity contribution in [1.82, 2.24) is 30.3 Å². The van der Waals surface area contributed by atoms with E-state index in [1.807, 2.05) is 55.5 Å². The smallest absolute Gasteiger partial charge is 0.320 e. The van der Waals surface area contributed by atoms with Gasteiger partial charge in [0.05, 0.1) is 24.0 Å². The minimum Gasteiger partial charge on any atom is -0.445 e. The minimum absolute atomic E-state index is 0.0788. The Bertz CT molecular complexity index is 1720. The molecule has 0 bridgehead atoms. The Labute approximate surface area is 284 Å². The van der Waals surface area contributed by atoms with Gasteiger partial charge in [-0.1, -0.05) is 48.5 Å². The van der Waals surface area contributed by atoms with E-state index < -0.39 is 12.8 Å². The summed E-state index contributed by atoms with van der Waals surface area (Å²) in [7, 11) is 1.69. The van der Waals surface area contributed by atoms with E-state index in [0.717, 1.165) is 24.3 Å². The molecular weight excluding hydrogens is 629 g/mol. The van der Waals surface area contributed by atoms with E-state index >= 15 is 0 Å². The van der Waals surface area contributed by atoms with Crippen molar-refractivity contribution >= 4 is 17.8 Å². The highest BCUT2D eigenvalue weighted by Gasteiger charge is 2.35. The predicted molar refractivity (Wildman–Crippen MR) is 183 cm³/mol. The van der Waals surface area contributed by atoms with Crippen molar-refractivity contribution in [2.24, 2.45) is 0 Å². The predicted octanol–water partition coefficient (Wildman–Crippen LogP) is 4.69. The number of alkyl halides is 1. The standard InChI is InChI=1S/C36H42FN7O5/c1-24-32(26-19-29(35(38-20-26)49-23-37)34(45)39-27-13-16-48-17-14-27)42-44(28-11-7-4-8-12-28)33(24)41-36(46)40-31-22-43(15-18-47-2)21-30(31)25-9-5-3-6-10-25/h3-12,19-20,27,30-31H,13-18,21-23H2,1-2H3,(H,39,45)(H2,40,41,46)/t30-,31+/m0/s1. The Morgan fingerprint density at radius 1 is 1.02 bits per heavy atom. The second-order valence-corrected chi connectivity index (χ2v) is 12.2. The summed E-state index contributed by atoms with van der Waals surface area (Å²) in [6.07, 6.45) is 2.84. The Balaban J connectivity index is 1.29. The summed E-state index contributed by atoms with van der Waals surface area (Å²) in [6.45, 7) is 4.66. The topological polar surface area (TPSA) is 132 Å². The number of hydrogen-bond donors (Lipinski definition) is 3. The van der Waals surface area contributed by atoms with Gasteiger partial charge in [-0.05, 0) is 43.5 Å². The molecule has 0 aliphatic carbocycles. The van der Waals surface area contributed by atoms with Gasteiger partial charge in [-0.2, -0.15) is 5.10 Å². The molecule has 2 aromatic carbocycles. The zero-order valence-corrected chi connectivity index (χ0v) is 27.7. The molecule has 2 saturated heterocycles. The van der Waals surface area contributed by atoms with E-state index in [0.29, 0.717) is 61.8 Å². The second-order valence-electron chi connectivity index (χ2n) is 12.2. The number of methoxy groups -OCH3 is 1. The fraction of sp³-hybridized carbons (Fsp3) is 0.389. The number of benzene rings is 2. The Kier molecular flexibility index (Phi) is 11.1. The van der Waals surface area contributed by atoms with Crippen molar-refractivity contribution < 1.29 is 28.2 Å². The lowest BCUT2D eigenvalue weighted by atomic mass is 9.94. The summed E-state index contributed by atoms with van der Waals surface area (Å²) < 4.78 is 30.8. The molecular formula is C36H42FN7O5. The van der Waals surface area contributed by atoms with Crippen molar-refractivity contribution in [1.29, 1.82) is 0 Å². The van der Waals surface area contributed by atoms with Crippen molar-refractivity contribution in [2.45, 2.75) is 37.8 Å². The largest absolute Gasteiger partial charge is 0.445 e. The Morgan fingerprint density at radius 3 is 2.47 bits per heavy atom. The molecule has 49 heavy (non-hydrogen) atoms. The van der Waals surface area contributed by atoms with Crippen LogP contribution in [0, 0.1) is 6.92 Å². The first-order valence-electron chi connectivity index (χ1n) is 16.5. The number of anilines is 1. The van der Waals surface area contributed by atoms with Crippen molar-refractivity contribution in [2.75, 3.05) is 58.7 Å². The van der Waals surface area contributed by atoms with Crippen LogP contribution in [0.25, 0.3) is 16.9 Å². The van der Waals surface area contributed by atoms with Crippen LogP contribution in [0.5, 0.6) is 5.88 Å². The molecule has 2 atom stereocenters. The van der Waals surface area contributed by atoms with E-state index in [9.17, 15) is 14.0 Å². The summed E-state index contributed by atoms with van der Waals surface area (Å²) in [5, 5.41) is 14.2. The lowest BCUT2D eigenvalue weighted by Gasteiger charge is -2.23. The van der Waals surface area contributed by atoms with Gasteiger partial charge in [0, 0.05) is 69.2 Å². The normalized spacial score (nSPS) is 18.3. The maximum Gasteiger partial charge on any atom is 0.320 e. The number of likely N-dealkylation sites (tertiary alicyclic amines) is 1. The molecule has 4 heterocycles. The van der Waals surface area contributed by atoms with Crippen molar-refractivity contribution in [3.8, 4) is 22.8 Å². The number of hydrogen-bond acceptors (Lipinski definition) is 8. The van der Waals surface area contributed by atoms with E-state index in [-0.39, 0.29) is 35.5 Å². The van der Waals surface area contributed by atoms with Gasteiger partial charge in [0.15, 0.2) is 0 Å². The third kappa shape index (κ3) is 8.07. The number of carbonyl (C=O) groups excluding carboxylic acids is 2. The molecule has 2 aliphatic heterocycles. The third-order valence-corrected chi connectivity index (χ3v) is 9.02. The fourth-order valence-corrected chi connectivity index (χ4v) is 6.47. The molecule has 12 nitrogen and oxygen atoms in total. The van der Waals surface area contributed by atoms with Crippen LogP contribution in [0.4, 0.5) is 15.0 Å². The molecule has 0 radical (unpaired) electrons. The van der Waals surface area contributed by atoms with Gasteiger partial charge in [0.25, 0.3) is 5.91 Å². The van der Waals surface area contributed by atoms with Gasteiger partial charge in [0.1, 0.15) is 11.4 Å². The fourth-order valence-electron chi connectivity index (χ4n) is 6.47. The zero-order chi connectivity index (χ0) is 34.2. The van der Waals surface area contributed by atoms with Crippen LogP contribution >= 0.6 is 0 Å². The van der Waals surface area contributed by atoms with Gasteiger partial charge in [-0.15, -0.1) is 0 Å². The SMILES string of the molecule is COCCN1C[C@@H](NC(=O)Nc2c(C)c(-c3cnc(OCF)c(C(=O)NC4CCOCC4)c3)nn2-c2ccccc2)[C@H](c2ccccc2)C1. The maximum absolute atomic E-state index is 13.8. The average Bonchev–Trinajstić information content (AvgIpc) is 3.68. The lowest BCUT2D eigenvalue weighted by molar-refractivity contribution is 0.0693. The Hall–Kier alpha value is -4.85. The summed E-state index contributed by atoms with van der Waals surface area (Å²) >= 11 is 0. The summed E-state index contributed by atoms with van der Waals surface area (Å²) in [4.78, 5) is 33.8. The summed E-state index contributed by atoms with van der Waals surface area (Å²) in [6, 6.07) is 20.6. The van der Waals surface area contributed by atoms with Crippen LogP contribution in [-0.2, 0) is 9.47 Å². The van der Waals surface area contributed by atoms with E-state index in [4.69, 9.17) is 19.3 Å². The maximum atomic E-state index is 13.8. The Morgan fingerprint density at radius 2 is 1.76 bits per heavy atom. The second kappa shape index (κ2) is 16.0. The number of pyridine rings is 1. The number of aromatic nitrogens is 3. The zero-order valence-electron chi connectivity index (χ0n) is 27.7. The number of nitrogens with zero attached hydrogens (tertiary/aromatic N) is 4. The first kappa shape index (κ1) is 34.0. The average molecular weight is 672 g/mol. The molecule has 0 unspecified atom stereocenters. The highest BCUT2D eigenvalue weighted by Crippen LogP contribution is 2.33. The monoisotopic (exact) mass is 671 g/mol. The third-order valence-electron chi connectivity index (χ3n) is 9.02. The van der Waals surface area contributed by atoms with Gasteiger partial charge >= 0.3 is 6.03 Å². The summed E-state index contributed by atoms with van der Waals surface area (Å²) in [5.41, 5.74) is 3.63. The number of para-hydroxylation sites is 1. The number of urea groups is 1. The molecule has 2 aliphatic rings. The molecule has 0 saturated carbocycles. The molecule has 13 heteroatoms. The molecule has 2 fully saturated rings. The minimum atomic E-state index is -1.13. The molecule has 3 N–H and O–H groups in total. The number of rotatable bonds is 12. The first-order valence-corrected chi connectivity index (χ1v) is 16.5. The number of nitrogens with one attached hydrogen (secondary N) is 3. The van der Waals surface area contributed by atoms with E-state index in [2.05, 4.69) is 38.0 Å². The van der Waals surface area contributed by atoms with Crippen LogP contribution in [0.1, 0.15) is 40.2 Å². The molecule has 258 valence electrons. The molecule has 6 rings (SSSR count).